The van der Waals surface area contributed by atoms with Gasteiger partial charge in [-0.25, -0.2) is 0 Å². The van der Waals surface area contributed by atoms with E-state index >= 15 is 0 Å². The molecule has 0 bridgehead atoms. The third-order valence-electron chi connectivity index (χ3n) is 4.22. The number of aromatic nitrogens is 1. The molecule has 0 aliphatic carbocycles. The lowest BCUT2D eigenvalue weighted by atomic mass is 10.1. The van der Waals surface area contributed by atoms with Gasteiger partial charge in [-0.3, -0.25) is 9.80 Å². The van der Waals surface area contributed by atoms with Crippen LogP contribution < -0.4 is 0 Å². The average molecular weight is 281 g/mol. The molecular weight excluding hydrogens is 254 g/mol. The maximum Gasteiger partial charge on any atom is 0.138 e. The Morgan fingerprint density at radius 1 is 1.40 bits per heavy atom. The van der Waals surface area contributed by atoms with Gasteiger partial charge in [0.05, 0.1) is 11.8 Å². The Morgan fingerprint density at radius 3 is 2.70 bits per heavy atom. The van der Waals surface area contributed by atoms with E-state index in [1.165, 1.54) is 5.56 Å². The van der Waals surface area contributed by atoms with Gasteiger partial charge in [-0.1, -0.05) is 12.1 Å². The molecule has 0 unspecified atom stereocenters. The molecule has 0 spiro atoms. The van der Waals surface area contributed by atoms with Crippen molar-refractivity contribution in [1.29, 1.82) is 0 Å². The summed E-state index contributed by atoms with van der Waals surface area (Å²) in [5.41, 5.74) is 2.23. The van der Waals surface area contributed by atoms with Crippen LogP contribution in [0.2, 0.25) is 0 Å². The number of aliphatic hydroxyl groups excluding tert-OH is 1. The van der Waals surface area contributed by atoms with Gasteiger partial charge in [-0.05, 0) is 27.2 Å². The van der Waals surface area contributed by atoms with Crippen molar-refractivity contribution in [3.63, 3.8) is 0 Å². The first kappa shape index (κ1) is 15.5. The van der Waals surface area contributed by atoms with Gasteiger partial charge in [0, 0.05) is 44.3 Å². The zero-order chi connectivity index (χ0) is 14.7. The summed E-state index contributed by atoms with van der Waals surface area (Å²) in [6.07, 6.45) is 0.864. The van der Waals surface area contributed by atoms with Crippen LogP contribution in [0.4, 0.5) is 0 Å². The second kappa shape index (κ2) is 6.70. The molecule has 1 N–H and O–H groups in total. The Morgan fingerprint density at radius 2 is 2.15 bits per heavy atom. The molecule has 2 atom stereocenters. The maximum absolute atomic E-state index is 9.59. The standard InChI is InChI=1S/C15H27N3O2/c1-5-14-9-17(6-7-18(14)8-11(2)19)10-15-12(3)16-20-13(15)4/h11,14,19H,5-10H2,1-4H3/t11-,14+/m0/s1. The van der Waals surface area contributed by atoms with Gasteiger partial charge in [-0.2, -0.15) is 0 Å². The summed E-state index contributed by atoms with van der Waals surface area (Å²) in [7, 11) is 0. The van der Waals surface area contributed by atoms with Gasteiger partial charge in [-0.15, -0.1) is 0 Å². The van der Waals surface area contributed by atoms with E-state index in [1.807, 2.05) is 20.8 Å². The van der Waals surface area contributed by atoms with Crippen molar-refractivity contribution in [3.05, 3.63) is 17.0 Å². The Labute approximate surface area is 121 Å². The number of hydrogen-bond donors (Lipinski definition) is 1. The molecule has 0 saturated carbocycles. The molecule has 1 aromatic rings. The number of hydrogen-bond acceptors (Lipinski definition) is 5. The lowest BCUT2D eigenvalue weighted by Gasteiger charge is -2.41. The molecule has 0 radical (unpaired) electrons. The van der Waals surface area contributed by atoms with Crippen molar-refractivity contribution >= 4 is 0 Å². The third kappa shape index (κ3) is 3.59. The Balaban J connectivity index is 1.96. The quantitative estimate of drug-likeness (QED) is 0.888. The van der Waals surface area contributed by atoms with Crippen molar-refractivity contribution in [1.82, 2.24) is 15.0 Å². The number of rotatable bonds is 5. The highest BCUT2D eigenvalue weighted by Crippen LogP contribution is 2.19. The third-order valence-corrected chi connectivity index (χ3v) is 4.22. The van der Waals surface area contributed by atoms with Crippen molar-refractivity contribution in [2.75, 3.05) is 26.2 Å². The molecule has 2 heterocycles. The lowest BCUT2D eigenvalue weighted by Crippen LogP contribution is -2.54. The minimum atomic E-state index is -0.252. The molecule has 1 aromatic heterocycles. The van der Waals surface area contributed by atoms with E-state index in [9.17, 15) is 5.11 Å². The van der Waals surface area contributed by atoms with Gasteiger partial charge in [0.2, 0.25) is 0 Å². The van der Waals surface area contributed by atoms with Gasteiger partial charge >= 0.3 is 0 Å². The van der Waals surface area contributed by atoms with Crippen LogP contribution in [0.25, 0.3) is 0 Å². The van der Waals surface area contributed by atoms with Crippen LogP contribution in [0.15, 0.2) is 4.52 Å². The fourth-order valence-electron chi connectivity index (χ4n) is 3.02. The predicted molar refractivity (Wildman–Crippen MR) is 78.6 cm³/mol. The Hall–Kier alpha value is -0.910. The van der Waals surface area contributed by atoms with E-state index in [1.54, 1.807) is 0 Å². The molecule has 5 nitrogen and oxygen atoms in total. The fourth-order valence-corrected chi connectivity index (χ4v) is 3.02. The van der Waals surface area contributed by atoms with E-state index in [-0.39, 0.29) is 6.10 Å². The molecule has 2 rings (SSSR count). The normalized spacial score (nSPS) is 23.1. The van der Waals surface area contributed by atoms with E-state index in [0.29, 0.717) is 6.04 Å². The summed E-state index contributed by atoms with van der Waals surface area (Å²) in [6.45, 7) is 12.9. The largest absolute Gasteiger partial charge is 0.392 e. The molecule has 20 heavy (non-hydrogen) atoms. The average Bonchev–Trinajstić information content (AvgIpc) is 2.71. The molecule has 0 aromatic carbocycles. The zero-order valence-corrected chi connectivity index (χ0v) is 13.1. The molecule has 114 valence electrons. The topological polar surface area (TPSA) is 52.7 Å². The molecule has 1 fully saturated rings. The van der Waals surface area contributed by atoms with Crippen molar-refractivity contribution in [2.24, 2.45) is 0 Å². The summed E-state index contributed by atoms with van der Waals surface area (Å²) in [6, 6.07) is 0.527. The van der Waals surface area contributed by atoms with Crippen LogP contribution >= 0.6 is 0 Å². The van der Waals surface area contributed by atoms with Crippen molar-refractivity contribution in [3.8, 4) is 0 Å². The molecule has 1 aliphatic rings. The number of piperazine rings is 1. The number of nitrogens with zero attached hydrogens (tertiary/aromatic N) is 3. The van der Waals surface area contributed by atoms with Crippen molar-refractivity contribution < 1.29 is 9.63 Å². The SMILES string of the molecule is CC[C@@H]1CN(Cc2c(C)noc2C)CCN1C[C@H](C)O. The first-order chi connectivity index (χ1) is 9.51. The first-order valence-electron chi connectivity index (χ1n) is 7.57. The second-order valence-corrected chi connectivity index (χ2v) is 5.94. The van der Waals surface area contributed by atoms with E-state index in [0.717, 1.165) is 50.6 Å². The van der Waals surface area contributed by atoms with Gasteiger partial charge in [0.15, 0.2) is 0 Å². The van der Waals surface area contributed by atoms with E-state index in [4.69, 9.17) is 4.52 Å². The highest BCUT2D eigenvalue weighted by molar-refractivity contribution is 5.20. The molecule has 1 aliphatic heterocycles. The highest BCUT2D eigenvalue weighted by Gasteiger charge is 2.27. The first-order valence-corrected chi connectivity index (χ1v) is 7.57. The maximum atomic E-state index is 9.59. The van der Waals surface area contributed by atoms with Crippen LogP contribution in [-0.4, -0.2) is 58.4 Å². The molecule has 5 heteroatoms. The highest BCUT2D eigenvalue weighted by atomic mass is 16.5. The van der Waals surface area contributed by atoms with Crippen LogP contribution in [0.5, 0.6) is 0 Å². The number of aryl methyl sites for hydroxylation is 2. The zero-order valence-electron chi connectivity index (χ0n) is 13.1. The van der Waals surface area contributed by atoms with Gasteiger partial charge in [0.1, 0.15) is 5.76 Å². The predicted octanol–water partition coefficient (Wildman–Crippen LogP) is 1.57. The fraction of sp³-hybridized carbons (Fsp3) is 0.800. The van der Waals surface area contributed by atoms with Crippen LogP contribution in [0.1, 0.15) is 37.3 Å². The summed E-state index contributed by atoms with van der Waals surface area (Å²) < 4.78 is 5.24. The minimum Gasteiger partial charge on any atom is -0.392 e. The van der Waals surface area contributed by atoms with Crippen LogP contribution in [0, 0.1) is 13.8 Å². The Bertz CT molecular complexity index is 411. The molecule has 0 amide bonds. The number of β-amino-alcohol motifs (C(OH)–C–C–N with tert-alkyl or cyclic N) is 1. The monoisotopic (exact) mass is 281 g/mol. The van der Waals surface area contributed by atoms with Gasteiger partial charge in [0.25, 0.3) is 0 Å². The number of aliphatic hydroxyl groups is 1. The smallest absolute Gasteiger partial charge is 0.138 e. The Kier molecular flexibility index (Phi) is 5.18. The summed E-state index contributed by atoms with van der Waals surface area (Å²) in [5.74, 6) is 0.932. The van der Waals surface area contributed by atoms with Crippen LogP contribution in [0.3, 0.4) is 0 Å². The van der Waals surface area contributed by atoms with Gasteiger partial charge < -0.3 is 9.63 Å². The van der Waals surface area contributed by atoms with E-state index < -0.39 is 0 Å². The summed E-state index contributed by atoms with van der Waals surface area (Å²) in [4.78, 5) is 4.88. The van der Waals surface area contributed by atoms with E-state index in [2.05, 4.69) is 21.9 Å². The van der Waals surface area contributed by atoms with Crippen LogP contribution in [-0.2, 0) is 6.54 Å². The lowest BCUT2D eigenvalue weighted by molar-refractivity contribution is 0.0336. The summed E-state index contributed by atoms with van der Waals surface area (Å²) in [5, 5.41) is 13.6. The molecule has 1 saturated heterocycles. The summed E-state index contributed by atoms with van der Waals surface area (Å²) >= 11 is 0. The second-order valence-electron chi connectivity index (χ2n) is 5.94. The minimum absolute atomic E-state index is 0.252. The molecular formula is C15H27N3O2. The van der Waals surface area contributed by atoms with Crippen molar-refractivity contribution in [2.45, 2.75) is 52.8 Å².